The Labute approximate surface area is 192 Å². The maximum absolute atomic E-state index is 12.7. The lowest BCUT2D eigenvalue weighted by molar-refractivity contribution is -0.129. The van der Waals surface area contributed by atoms with Gasteiger partial charge in [0.25, 0.3) is 0 Å². The Morgan fingerprint density at radius 3 is 2.23 bits per heavy atom. The number of carbonyl (C=O) groups excluding carboxylic acids is 2. The third-order valence-electron chi connectivity index (χ3n) is 4.75. The van der Waals surface area contributed by atoms with Crippen LogP contribution in [0.25, 0.3) is 0 Å². The predicted molar refractivity (Wildman–Crippen MR) is 123 cm³/mol. The molecule has 0 aliphatic carbocycles. The maximum Gasteiger partial charge on any atom is 0.345 e. The average molecular weight is 468 g/mol. The minimum Gasteiger partial charge on any atom is -0.465 e. The summed E-state index contributed by atoms with van der Waals surface area (Å²) < 4.78 is 11.1. The molecule has 0 spiro atoms. The minimum absolute atomic E-state index is 0.0110. The first-order chi connectivity index (χ1) is 14.5. The van der Waals surface area contributed by atoms with Gasteiger partial charge in [0.1, 0.15) is 17.4 Å². The highest BCUT2D eigenvalue weighted by atomic mass is 35.5. The summed E-state index contributed by atoms with van der Waals surface area (Å²) in [5.41, 5.74) is 2.24. The van der Waals surface area contributed by atoms with E-state index in [2.05, 4.69) is 10.3 Å². The van der Waals surface area contributed by atoms with Crippen LogP contribution in [0.5, 0.6) is 11.6 Å². The number of methoxy groups -OCH3 is 1. The Kier molecular flexibility index (Phi) is 8.14. The Hall–Kier alpha value is -2.51. The van der Waals surface area contributed by atoms with E-state index in [0.29, 0.717) is 22.9 Å². The number of anilines is 1. The topological polar surface area (TPSA) is 80.8 Å². The molecular weight excluding hydrogens is 441 g/mol. The molecule has 0 fully saturated rings. The first kappa shape index (κ1) is 24.8. The van der Waals surface area contributed by atoms with Crippen LogP contribution >= 0.6 is 23.2 Å². The van der Waals surface area contributed by atoms with Crippen molar-refractivity contribution < 1.29 is 19.1 Å². The molecule has 0 saturated carbocycles. The van der Waals surface area contributed by atoms with Gasteiger partial charge in [-0.25, -0.2) is 9.78 Å². The number of hydrogen-bond donors (Lipinski definition) is 1. The van der Waals surface area contributed by atoms with E-state index in [1.165, 1.54) is 12.0 Å². The van der Waals surface area contributed by atoms with E-state index < -0.39 is 12.0 Å². The maximum atomic E-state index is 12.7. The molecule has 1 atom stereocenters. The van der Waals surface area contributed by atoms with Gasteiger partial charge < -0.3 is 19.7 Å². The third-order valence-corrected chi connectivity index (χ3v) is 5.43. The van der Waals surface area contributed by atoms with Gasteiger partial charge in [0.15, 0.2) is 0 Å². The van der Waals surface area contributed by atoms with Crippen molar-refractivity contribution in [2.24, 2.45) is 0 Å². The van der Waals surface area contributed by atoms with Crippen molar-refractivity contribution in [3.8, 4) is 11.6 Å². The fourth-order valence-corrected chi connectivity index (χ4v) is 3.65. The van der Waals surface area contributed by atoms with Gasteiger partial charge in [-0.1, -0.05) is 30.1 Å². The molecule has 1 amide bonds. The van der Waals surface area contributed by atoms with Gasteiger partial charge in [-0.3, -0.25) is 4.79 Å². The van der Waals surface area contributed by atoms with E-state index in [9.17, 15) is 9.59 Å². The van der Waals surface area contributed by atoms with Crippen LogP contribution in [0.2, 0.25) is 10.0 Å². The van der Waals surface area contributed by atoms with Gasteiger partial charge in [-0.15, -0.1) is 0 Å². The summed E-state index contributed by atoms with van der Waals surface area (Å²) in [5.74, 6) is -0.304. The largest absolute Gasteiger partial charge is 0.465 e. The van der Waals surface area contributed by atoms with Gasteiger partial charge in [-0.2, -0.15) is 0 Å². The minimum atomic E-state index is -0.691. The zero-order valence-corrected chi connectivity index (χ0v) is 20.2. The summed E-state index contributed by atoms with van der Waals surface area (Å²) in [5, 5.41) is 3.89. The van der Waals surface area contributed by atoms with Crippen molar-refractivity contribution in [1.29, 1.82) is 0 Å². The van der Waals surface area contributed by atoms with Crippen molar-refractivity contribution >= 4 is 40.8 Å². The van der Waals surface area contributed by atoms with Crippen molar-refractivity contribution in [1.82, 2.24) is 9.88 Å². The highest BCUT2D eigenvalue weighted by Crippen LogP contribution is 2.39. The molecule has 2 rings (SSSR count). The summed E-state index contributed by atoms with van der Waals surface area (Å²) in [4.78, 5) is 31.2. The summed E-state index contributed by atoms with van der Waals surface area (Å²) in [6.45, 7) is 7.24. The Morgan fingerprint density at radius 2 is 1.74 bits per heavy atom. The smallest absolute Gasteiger partial charge is 0.345 e. The Balaban J connectivity index is 2.68. The van der Waals surface area contributed by atoms with Gasteiger partial charge in [-0.05, 0) is 50.5 Å². The molecule has 0 radical (unpaired) electrons. The number of esters is 1. The fourth-order valence-electron chi connectivity index (χ4n) is 3.14. The number of pyridine rings is 1. The second-order valence-corrected chi connectivity index (χ2v) is 8.18. The lowest BCUT2D eigenvalue weighted by Gasteiger charge is -2.24. The summed E-state index contributed by atoms with van der Waals surface area (Å²) >= 11 is 12.6. The number of nitrogens with zero attached hydrogens (tertiary/aromatic N) is 2. The van der Waals surface area contributed by atoms with Crippen molar-refractivity contribution in [3.63, 3.8) is 0 Å². The zero-order chi connectivity index (χ0) is 23.5. The molecule has 9 heteroatoms. The molecule has 168 valence electrons. The van der Waals surface area contributed by atoms with Crippen molar-refractivity contribution in [2.75, 3.05) is 26.5 Å². The lowest BCUT2D eigenvalue weighted by Crippen LogP contribution is -2.39. The average Bonchev–Trinajstić information content (AvgIpc) is 2.70. The molecule has 1 aromatic heterocycles. The highest BCUT2D eigenvalue weighted by molar-refractivity contribution is 6.35. The van der Waals surface area contributed by atoms with Crippen LogP contribution in [0.4, 0.5) is 5.69 Å². The predicted octanol–water partition coefficient (Wildman–Crippen LogP) is 5.17. The van der Waals surface area contributed by atoms with Crippen molar-refractivity contribution in [3.05, 3.63) is 44.6 Å². The van der Waals surface area contributed by atoms with Crippen LogP contribution < -0.4 is 10.1 Å². The molecule has 2 aromatic rings. The molecule has 0 saturated heterocycles. The third kappa shape index (κ3) is 5.40. The number of aryl methyl sites for hydroxylation is 3. The number of halogens is 2. The SMILES string of the molecule is CCC(Nc1c(Cl)c(C)nc(Oc2c(C)cc(Cl)cc2C)c1C(=O)OC)C(=O)N(C)C. The van der Waals surface area contributed by atoms with E-state index >= 15 is 0 Å². The molecule has 0 aliphatic rings. The summed E-state index contributed by atoms with van der Waals surface area (Å²) in [7, 11) is 4.58. The van der Waals surface area contributed by atoms with Gasteiger partial charge >= 0.3 is 5.97 Å². The molecule has 1 heterocycles. The molecule has 1 unspecified atom stereocenters. The number of aromatic nitrogens is 1. The van der Waals surface area contributed by atoms with Gasteiger partial charge in [0.2, 0.25) is 11.8 Å². The molecule has 1 N–H and O–H groups in total. The number of ether oxygens (including phenoxy) is 2. The van der Waals surface area contributed by atoms with Crippen LogP contribution in [-0.4, -0.2) is 49.0 Å². The number of hydrogen-bond acceptors (Lipinski definition) is 6. The molecule has 7 nitrogen and oxygen atoms in total. The summed E-state index contributed by atoms with van der Waals surface area (Å²) in [6, 6.07) is 2.91. The van der Waals surface area contributed by atoms with Crippen LogP contribution in [-0.2, 0) is 9.53 Å². The molecule has 0 aliphatic heterocycles. The number of benzene rings is 1. The normalized spacial score (nSPS) is 11.6. The number of rotatable bonds is 7. The lowest BCUT2D eigenvalue weighted by atomic mass is 10.1. The number of likely N-dealkylation sites (N-methyl/N-ethyl adjacent to an activating group) is 1. The standard InChI is InChI=1S/C22H27Cl2N3O4/c1-8-15(21(28)27(5)6)26-18-16(22(29)30-7)20(25-13(4)17(18)24)31-19-11(2)9-14(23)10-12(19)3/h9-10,15H,8H2,1-7H3,(H,25,26). The van der Waals surface area contributed by atoms with Crippen molar-refractivity contribution in [2.45, 2.75) is 40.2 Å². The summed E-state index contributed by atoms with van der Waals surface area (Å²) in [6.07, 6.45) is 0.473. The number of amides is 1. The van der Waals surface area contributed by atoms with E-state index in [-0.39, 0.29) is 28.1 Å². The second kappa shape index (κ2) is 10.2. The quantitative estimate of drug-likeness (QED) is 0.565. The number of nitrogens with one attached hydrogen (secondary N) is 1. The van der Waals surface area contributed by atoms with Crippen LogP contribution in [0.3, 0.4) is 0 Å². The van der Waals surface area contributed by atoms with Gasteiger partial charge in [0.05, 0.1) is 23.5 Å². The Bertz CT molecular complexity index is 986. The first-order valence-corrected chi connectivity index (χ1v) is 10.5. The van der Waals surface area contributed by atoms with Crippen LogP contribution in [0.15, 0.2) is 12.1 Å². The fraction of sp³-hybridized carbons (Fsp3) is 0.409. The van der Waals surface area contributed by atoms with Gasteiger partial charge in [0, 0.05) is 19.1 Å². The molecular formula is C22H27Cl2N3O4. The van der Waals surface area contributed by atoms with E-state index in [0.717, 1.165) is 11.1 Å². The van der Waals surface area contributed by atoms with E-state index in [1.807, 2.05) is 20.8 Å². The van der Waals surface area contributed by atoms with Crippen LogP contribution in [0.1, 0.15) is 40.5 Å². The van der Waals surface area contributed by atoms with E-state index in [4.69, 9.17) is 32.7 Å². The highest BCUT2D eigenvalue weighted by Gasteiger charge is 2.29. The first-order valence-electron chi connectivity index (χ1n) is 9.72. The molecule has 1 aromatic carbocycles. The molecule has 0 bridgehead atoms. The molecule has 31 heavy (non-hydrogen) atoms. The number of carbonyl (C=O) groups is 2. The van der Waals surface area contributed by atoms with E-state index in [1.54, 1.807) is 33.2 Å². The van der Waals surface area contributed by atoms with Crippen LogP contribution in [0, 0.1) is 20.8 Å². The zero-order valence-electron chi connectivity index (χ0n) is 18.7. The monoisotopic (exact) mass is 467 g/mol. The Morgan fingerprint density at radius 1 is 1.16 bits per heavy atom. The second-order valence-electron chi connectivity index (χ2n) is 7.37.